The number of ether oxygens (including phenoxy) is 1. The first-order valence-electron chi connectivity index (χ1n) is 17.6. The molecule has 0 radical (unpaired) electrons. The highest BCUT2D eigenvalue weighted by atomic mass is 28.4. The molecule has 254 valence electrons. The Labute approximate surface area is 277 Å². The molecular weight excluding hydrogens is 593 g/mol. The molecule has 0 bridgehead atoms. The summed E-state index contributed by atoms with van der Waals surface area (Å²) in [5.41, 5.74) is 2.48. The number of rotatable bonds is 13. The Morgan fingerprint density at radius 1 is 0.911 bits per heavy atom. The van der Waals surface area contributed by atoms with Crippen LogP contribution in [0.3, 0.4) is 0 Å². The predicted molar refractivity (Wildman–Crippen MR) is 192 cm³/mol. The van der Waals surface area contributed by atoms with Crippen LogP contribution in [-0.2, 0) is 23.2 Å². The highest BCUT2D eigenvalue weighted by molar-refractivity contribution is 6.74. The maximum Gasteiger partial charge on any atom is 0.305 e. The van der Waals surface area contributed by atoms with Crippen LogP contribution in [-0.4, -0.2) is 41.6 Å². The zero-order chi connectivity index (χ0) is 33.6. The number of allylic oxidation sites excluding steroid dienone is 2. The third kappa shape index (κ3) is 9.98. The molecule has 0 aromatic heterocycles. The Bertz CT molecular complexity index is 1140. The molecule has 0 N–H and O–H groups in total. The first-order chi connectivity index (χ1) is 20.9. The van der Waals surface area contributed by atoms with Gasteiger partial charge in [0.15, 0.2) is 16.6 Å². The normalized spacial score (nSPS) is 23.1. The minimum atomic E-state index is -2.09. The van der Waals surface area contributed by atoms with E-state index in [1.54, 1.807) is 0 Å². The smallest absolute Gasteiger partial charge is 0.305 e. The second-order valence-corrected chi connectivity index (χ2v) is 26.3. The van der Waals surface area contributed by atoms with E-state index in [0.29, 0.717) is 31.0 Å². The third-order valence-corrected chi connectivity index (χ3v) is 20.4. The molecule has 0 amide bonds. The molecule has 7 heteroatoms. The Kier molecular flexibility index (Phi) is 13.1. The fourth-order valence-corrected chi connectivity index (χ4v) is 9.09. The van der Waals surface area contributed by atoms with Crippen LogP contribution >= 0.6 is 0 Å². The predicted octanol–water partition coefficient (Wildman–Crippen LogP) is 10.7. The number of ketones is 1. The SMILES string of the molecule is COC(=O)CCCC=CC[C@H]1C(=O)C[C@@H](O[Si](C)(C)C(C)(C)C)[C@@H]1c1ccc(C(O[Si](C)(C)C(C)(C)C)C2CCCCC2)cc1. The van der Waals surface area contributed by atoms with Crippen molar-refractivity contribution >= 4 is 28.4 Å². The van der Waals surface area contributed by atoms with E-state index in [1.807, 2.05) is 0 Å². The standard InChI is InChI=1S/C38H64O5Si2/c1-37(2,3)44(8,9)42-33-27-32(39)31(21-17-12-13-18-22-34(40)41-7)35(33)28-23-25-30(26-24-28)36(29-19-15-14-16-20-29)43-45(10,11)38(4,5)6/h12,17,23-26,29,31,33,35-36H,13-16,18-22,27H2,1-11H3/t31-,33+,35+,36?/m0/s1. The van der Waals surface area contributed by atoms with Gasteiger partial charge < -0.3 is 13.6 Å². The molecular formula is C38H64O5Si2. The van der Waals surface area contributed by atoms with Crippen LogP contribution in [0.1, 0.15) is 129 Å². The lowest BCUT2D eigenvalue weighted by atomic mass is 9.81. The number of esters is 1. The first-order valence-corrected chi connectivity index (χ1v) is 23.4. The lowest BCUT2D eigenvalue weighted by Gasteiger charge is -2.42. The molecule has 0 spiro atoms. The summed E-state index contributed by atoms with van der Waals surface area (Å²) in [4.78, 5) is 25.1. The van der Waals surface area contributed by atoms with E-state index in [4.69, 9.17) is 13.6 Å². The quantitative estimate of drug-likeness (QED) is 0.0915. The van der Waals surface area contributed by atoms with Crippen molar-refractivity contribution in [2.45, 2.75) is 160 Å². The number of carbonyl (C=O) groups is 2. The Morgan fingerprint density at radius 2 is 1.51 bits per heavy atom. The van der Waals surface area contributed by atoms with Crippen LogP contribution in [0.4, 0.5) is 0 Å². The first kappa shape index (κ1) is 37.9. The van der Waals surface area contributed by atoms with Gasteiger partial charge in [0.25, 0.3) is 0 Å². The summed E-state index contributed by atoms with van der Waals surface area (Å²) in [6.07, 6.45) is 13.8. The Morgan fingerprint density at radius 3 is 2.07 bits per heavy atom. The highest BCUT2D eigenvalue weighted by Gasteiger charge is 2.48. The van der Waals surface area contributed by atoms with Gasteiger partial charge in [0.1, 0.15) is 5.78 Å². The fourth-order valence-electron chi connectivity index (χ4n) is 6.43. The van der Waals surface area contributed by atoms with Gasteiger partial charge in [-0.05, 0) is 85.4 Å². The number of hydrogen-bond donors (Lipinski definition) is 0. The second-order valence-electron chi connectivity index (χ2n) is 16.8. The third-order valence-electron chi connectivity index (χ3n) is 11.4. The van der Waals surface area contributed by atoms with Gasteiger partial charge in [0, 0.05) is 24.7 Å². The van der Waals surface area contributed by atoms with Gasteiger partial charge in [-0.1, -0.05) is 97.2 Å². The number of hydrogen-bond acceptors (Lipinski definition) is 5. The van der Waals surface area contributed by atoms with Crippen molar-refractivity contribution in [3.05, 3.63) is 47.5 Å². The second kappa shape index (κ2) is 15.6. The topological polar surface area (TPSA) is 61.8 Å². The number of carbonyl (C=O) groups excluding carboxylic acids is 2. The van der Waals surface area contributed by atoms with E-state index in [9.17, 15) is 9.59 Å². The van der Waals surface area contributed by atoms with Crippen LogP contribution < -0.4 is 0 Å². The molecule has 1 aromatic carbocycles. The van der Waals surface area contributed by atoms with Crippen molar-refractivity contribution in [2.24, 2.45) is 11.8 Å². The number of Topliss-reactive ketones (excluding diaryl/α,β-unsaturated/α-hetero) is 1. The summed E-state index contributed by atoms with van der Waals surface area (Å²) in [6, 6.07) is 9.15. The Hall–Kier alpha value is -1.55. The minimum absolute atomic E-state index is 0.0230. The van der Waals surface area contributed by atoms with Crippen LogP contribution in [0.15, 0.2) is 36.4 Å². The van der Waals surface area contributed by atoms with Crippen LogP contribution in [0.2, 0.25) is 36.3 Å². The van der Waals surface area contributed by atoms with Crippen LogP contribution in [0, 0.1) is 11.8 Å². The maximum atomic E-state index is 13.6. The van der Waals surface area contributed by atoms with Crippen LogP contribution in [0.5, 0.6) is 0 Å². The Balaban J connectivity index is 1.91. The van der Waals surface area contributed by atoms with E-state index >= 15 is 0 Å². The van der Waals surface area contributed by atoms with Gasteiger partial charge in [0.05, 0.1) is 19.3 Å². The van der Waals surface area contributed by atoms with Crippen molar-refractivity contribution < 1.29 is 23.2 Å². The molecule has 1 aromatic rings. The van der Waals surface area contributed by atoms with Gasteiger partial charge >= 0.3 is 5.97 Å². The number of benzene rings is 1. The molecule has 3 rings (SSSR count). The largest absolute Gasteiger partial charge is 0.469 e. The molecule has 2 aliphatic rings. The molecule has 5 nitrogen and oxygen atoms in total. The minimum Gasteiger partial charge on any atom is -0.469 e. The summed E-state index contributed by atoms with van der Waals surface area (Å²) < 4.78 is 19.0. The van der Waals surface area contributed by atoms with E-state index in [-0.39, 0.29) is 40.1 Å². The van der Waals surface area contributed by atoms with Gasteiger partial charge in [0.2, 0.25) is 0 Å². The van der Waals surface area contributed by atoms with E-state index in [2.05, 4.69) is 104 Å². The summed E-state index contributed by atoms with van der Waals surface area (Å²) >= 11 is 0. The molecule has 0 heterocycles. The van der Waals surface area contributed by atoms with Gasteiger partial charge in [-0.2, -0.15) is 0 Å². The molecule has 2 aliphatic carbocycles. The van der Waals surface area contributed by atoms with Crippen molar-refractivity contribution in [1.29, 1.82) is 0 Å². The maximum absolute atomic E-state index is 13.6. The average molecular weight is 657 g/mol. The van der Waals surface area contributed by atoms with Crippen molar-refractivity contribution in [3.63, 3.8) is 0 Å². The lowest BCUT2D eigenvalue weighted by molar-refractivity contribution is -0.140. The molecule has 45 heavy (non-hydrogen) atoms. The molecule has 2 saturated carbocycles. The molecule has 4 atom stereocenters. The van der Waals surface area contributed by atoms with E-state index < -0.39 is 16.6 Å². The van der Waals surface area contributed by atoms with E-state index in [1.165, 1.54) is 50.3 Å². The van der Waals surface area contributed by atoms with E-state index in [0.717, 1.165) is 12.8 Å². The summed E-state index contributed by atoms with van der Waals surface area (Å²) in [6.45, 7) is 23.1. The zero-order valence-corrected chi connectivity index (χ0v) is 32.5. The average Bonchev–Trinajstić information content (AvgIpc) is 3.26. The monoisotopic (exact) mass is 656 g/mol. The van der Waals surface area contributed by atoms with Gasteiger partial charge in [-0.3, -0.25) is 9.59 Å². The van der Waals surface area contributed by atoms with Crippen LogP contribution in [0.25, 0.3) is 0 Å². The van der Waals surface area contributed by atoms with Crippen molar-refractivity contribution in [3.8, 4) is 0 Å². The van der Waals surface area contributed by atoms with Gasteiger partial charge in [-0.15, -0.1) is 0 Å². The molecule has 0 aliphatic heterocycles. The fraction of sp³-hybridized carbons (Fsp3) is 0.737. The number of methoxy groups -OCH3 is 1. The van der Waals surface area contributed by atoms with Gasteiger partial charge in [-0.25, -0.2) is 0 Å². The number of unbranched alkanes of at least 4 members (excludes halogenated alkanes) is 1. The highest BCUT2D eigenvalue weighted by Crippen LogP contribution is 2.48. The zero-order valence-electron chi connectivity index (χ0n) is 30.5. The molecule has 2 fully saturated rings. The lowest BCUT2D eigenvalue weighted by Crippen LogP contribution is -2.44. The molecule has 0 saturated heterocycles. The molecule has 1 unspecified atom stereocenters. The van der Waals surface area contributed by atoms with Crippen molar-refractivity contribution in [1.82, 2.24) is 0 Å². The summed E-state index contributed by atoms with van der Waals surface area (Å²) in [5, 5.41) is 0.217. The summed E-state index contributed by atoms with van der Waals surface area (Å²) in [5.74, 6) is 0.589. The summed E-state index contributed by atoms with van der Waals surface area (Å²) in [7, 11) is -2.64. The van der Waals surface area contributed by atoms with Crippen molar-refractivity contribution in [2.75, 3.05) is 7.11 Å².